The molecule has 0 radical (unpaired) electrons. The van der Waals surface area contributed by atoms with Crippen molar-refractivity contribution < 1.29 is 0 Å². The molecule has 4 heteroatoms. The Morgan fingerprint density at radius 2 is 1.17 bits per heavy atom. The maximum absolute atomic E-state index is 4.22. The molecule has 0 aliphatic carbocycles. The minimum atomic E-state index is 0.841. The highest BCUT2D eigenvalue weighted by molar-refractivity contribution is 5.26. The zero-order valence-electron chi connectivity index (χ0n) is 9.93. The van der Waals surface area contributed by atoms with Crippen molar-refractivity contribution in [3.05, 3.63) is 71.8 Å². The minimum Gasteiger partial charge on any atom is -0.348 e. The quantitative estimate of drug-likeness (QED) is 0.732. The number of nitrogens with zero attached hydrogens (tertiary/aromatic N) is 2. The number of imidazole rings is 2. The van der Waals surface area contributed by atoms with Gasteiger partial charge in [-0.25, -0.2) is 9.97 Å². The van der Waals surface area contributed by atoms with Crippen LogP contribution in [-0.4, -0.2) is 19.9 Å². The van der Waals surface area contributed by atoms with Crippen molar-refractivity contribution in [1.29, 1.82) is 0 Å². The van der Waals surface area contributed by atoms with Crippen molar-refractivity contribution >= 4 is 0 Å². The maximum Gasteiger partial charge on any atom is 0.110 e. The lowest BCUT2D eigenvalue weighted by molar-refractivity contribution is 1.01. The van der Waals surface area contributed by atoms with Crippen LogP contribution < -0.4 is 0 Å². The van der Waals surface area contributed by atoms with Crippen LogP contribution >= 0.6 is 0 Å². The van der Waals surface area contributed by atoms with Gasteiger partial charge in [-0.1, -0.05) is 24.3 Å². The molecule has 3 aromatic rings. The van der Waals surface area contributed by atoms with E-state index in [4.69, 9.17) is 0 Å². The van der Waals surface area contributed by atoms with Crippen molar-refractivity contribution in [1.82, 2.24) is 19.9 Å². The van der Waals surface area contributed by atoms with Gasteiger partial charge in [0.25, 0.3) is 0 Å². The first-order chi connectivity index (χ1) is 8.90. The standard InChI is InChI=1S/C14H14N4/c1-2-12(10-14-17-7-8-18-14)4-3-11(1)9-13-15-5-6-16-13/h1-8H,9-10H2,(H,15,16)(H,17,18). The summed E-state index contributed by atoms with van der Waals surface area (Å²) in [5.74, 6) is 1.99. The van der Waals surface area contributed by atoms with Gasteiger partial charge in [0, 0.05) is 37.6 Å². The molecule has 2 N–H and O–H groups in total. The Balaban J connectivity index is 1.69. The number of benzene rings is 1. The first kappa shape index (κ1) is 10.8. The normalized spacial score (nSPS) is 10.7. The molecular formula is C14H14N4. The predicted octanol–water partition coefficient (Wildman–Crippen LogP) is 2.31. The number of aromatic nitrogens is 4. The van der Waals surface area contributed by atoms with E-state index >= 15 is 0 Å². The smallest absolute Gasteiger partial charge is 0.110 e. The molecule has 0 unspecified atom stereocenters. The molecule has 18 heavy (non-hydrogen) atoms. The molecule has 0 amide bonds. The van der Waals surface area contributed by atoms with Gasteiger partial charge in [0.1, 0.15) is 11.6 Å². The minimum absolute atomic E-state index is 0.841. The third-order valence-electron chi connectivity index (χ3n) is 2.88. The summed E-state index contributed by atoms with van der Waals surface area (Å²) < 4.78 is 0. The van der Waals surface area contributed by atoms with E-state index in [1.54, 1.807) is 12.4 Å². The summed E-state index contributed by atoms with van der Waals surface area (Å²) in [7, 11) is 0. The average molecular weight is 238 g/mol. The highest BCUT2D eigenvalue weighted by atomic mass is 14.9. The Morgan fingerprint density at radius 3 is 1.50 bits per heavy atom. The Labute approximate surface area is 105 Å². The Kier molecular flexibility index (Phi) is 2.92. The van der Waals surface area contributed by atoms with Crippen molar-refractivity contribution in [3.63, 3.8) is 0 Å². The second-order valence-corrected chi connectivity index (χ2v) is 4.24. The number of hydrogen-bond donors (Lipinski definition) is 2. The third-order valence-corrected chi connectivity index (χ3v) is 2.88. The second-order valence-electron chi connectivity index (χ2n) is 4.24. The third kappa shape index (κ3) is 2.48. The van der Waals surface area contributed by atoms with Gasteiger partial charge < -0.3 is 9.97 Å². The van der Waals surface area contributed by atoms with Crippen molar-refractivity contribution in [2.75, 3.05) is 0 Å². The molecule has 0 fully saturated rings. The van der Waals surface area contributed by atoms with Crippen LogP contribution in [0.1, 0.15) is 22.8 Å². The van der Waals surface area contributed by atoms with Crippen molar-refractivity contribution in [3.8, 4) is 0 Å². The van der Waals surface area contributed by atoms with Crippen LogP contribution in [0.3, 0.4) is 0 Å². The summed E-state index contributed by atoms with van der Waals surface area (Å²) in [4.78, 5) is 14.7. The number of hydrogen-bond acceptors (Lipinski definition) is 2. The van der Waals surface area contributed by atoms with E-state index in [-0.39, 0.29) is 0 Å². The molecule has 0 saturated carbocycles. The zero-order chi connectivity index (χ0) is 12.2. The lowest BCUT2D eigenvalue weighted by Gasteiger charge is -2.02. The summed E-state index contributed by atoms with van der Waals surface area (Å²) in [6.45, 7) is 0. The molecule has 2 aromatic heterocycles. The molecule has 0 aliphatic heterocycles. The van der Waals surface area contributed by atoms with Crippen LogP contribution in [0.15, 0.2) is 49.1 Å². The molecule has 2 heterocycles. The predicted molar refractivity (Wildman–Crippen MR) is 69.2 cm³/mol. The Bertz CT molecular complexity index is 524. The van der Waals surface area contributed by atoms with Gasteiger partial charge >= 0.3 is 0 Å². The molecule has 4 nitrogen and oxygen atoms in total. The van der Waals surface area contributed by atoms with Gasteiger partial charge in [0.05, 0.1) is 0 Å². The highest BCUT2D eigenvalue weighted by Crippen LogP contribution is 2.10. The van der Waals surface area contributed by atoms with Gasteiger partial charge in [-0.3, -0.25) is 0 Å². The fraction of sp³-hybridized carbons (Fsp3) is 0.143. The lowest BCUT2D eigenvalue weighted by Crippen LogP contribution is -1.93. The highest BCUT2D eigenvalue weighted by Gasteiger charge is 2.00. The second kappa shape index (κ2) is 4.87. The number of rotatable bonds is 4. The summed E-state index contributed by atoms with van der Waals surface area (Å²) in [6, 6.07) is 8.56. The zero-order valence-corrected chi connectivity index (χ0v) is 9.93. The largest absolute Gasteiger partial charge is 0.348 e. The van der Waals surface area contributed by atoms with Crippen molar-refractivity contribution in [2.24, 2.45) is 0 Å². The van der Waals surface area contributed by atoms with Crippen LogP contribution in [0, 0.1) is 0 Å². The topological polar surface area (TPSA) is 57.4 Å². The number of aromatic amines is 2. The summed E-state index contributed by atoms with van der Waals surface area (Å²) >= 11 is 0. The van der Waals surface area contributed by atoms with Gasteiger partial charge in [-0.2, -0.15) is 0 Å². The molecule has 3 rings (SSSR count). The van der Waals surface area contributed by atoms with Crippen LogP contribution in [-0.2, 0) is 12.8 Å². The first-order valence-electron chi connectivity index (χ1n) is 5.94. The monoisotopic (exact) mass is 238 g/mol. The summed E-state index contributed by atoms with van der Waals surface area (Å²) in [6.07, 6.45) is 8.94. The molecule has 90 valence electrons. The fourth-order valence-corrected chi connectivity index (χ4v) is 1.95. The molecule has 0 aliphatic rings. The Hall–Kier alpha value is -2.36. The van der Waals surface area contributed by atoms with Crippen LogP contribution in [0.4, 0.5) is 0 Å². The lowest BCUT2D eigenvalue weighted by atomic mass is 10.1. The van der Waals surface area contributed by atoms with E-state index < -0.39 is 0 Å². The van der Waals surface area contributed by atoms with E-state index in [9.17, 15) is 0 Å². The molecule has 1 aromatic carbocycles. The molecule has 0 atom stereocenters. The van der Waals surface area contributed by atoms with Crippen molar-refractivity contribution in [2.45, 2.75) is 12.8 Å². The van der Waals surface area contributed by atoms with Gasteiger partial charge in [0.15, 0.2) is 0 Å². The summed E-state index contributed by atoms with van der Waals surface area (Å²) in [5.41, 5.74) is 2.52. The van der Waals surface area contributed by atoms with E-state index in [0.717, 1.165) is 24.5 Å². The SMILES string of the molecule is c1c[nH]c(Cc2ccc(Cc3ncc[nH]3)cc2)n1. The molecule has 0 spiro atoms. The van der Waals surface area contributed by atoms with Crippen LogP contribution in [0.5, 0.6) is 0 Å². The van der Waals surface area contributed by atoms with Crippen LogP contribution in [0.25, 0.3) is 0 Å². The number of H-pyrrole nitrogens is 2. The van der Waals surface area contributed by atoms with Crippen LogP contribution in [0.2, 0.25) is 0 Å². The Morgan fingerprint density at radius 1 is 0.722 bits per heavy atom. The van der Waals surface area contributed by atoms with Gasteiger partial charge in [-0.15, -0.1) is 0 Å². The van der Waals surface area contributed by atoms with E-state index in [2.05, 4.69) is 44.2 Å². The molecule has 0 saturated heterocycles. The van der Waals surface area contributed by atoms with Gasteiger partial charge in [-0.05, 0) is 11.1 Å². The van der Waals surface area contributed by atoms with E-state index in [1.165, 1.54) is 11.1 Å². The number of nitrogens with one attached hydrogen (secondary N) is 2. The fourth-order valence-electron chi connectivity index (χ4n) is 1.95. The van der Waals surface area contributed by atoms with E-state index in [1.807, 2.05) is 12.4 Å². The van der Waals surface area contributed by atoms with E-state index in [0.29, 0.717) is 0 Å². The molecular weight excluding hydrogens is 224 g/mol. The maximum atomic E-state index is 4.22. The first-order valence-corrected chi connectivity index (χ1v) is 5.94. The average Bonchev–Trinajstić information content (AvgIpc) is 3.05. The molecule has 0 bridgehead atoms. The van der Waals surface area contributed by atoms with Gasteiger partial charge in [0.2, 0.25) is 0 Å². The summed E-state index contributed by atoms with van der Waals surface area (Å²) in [5, 5.41) is 0.